The average molecular weight is 432 g/mol. The quantitative estimate of drug-likeness (QED) is 0.415. The van der Waals surface area contributed by atoms with Crippen molar-refractivity contribution in [3.63, 3.8) is 0 Å². The van der Waals surface area contributed by atoms with E-state index in [-0.39, 0.29) is 6.79 Å². The molecule has 0 spiro atoms. The SMILES string of the molecule is CC(C)c1cccc([C@H](C)C2CC2)c1OCOC(=O)C1CCCN1C(=O)OC(C)(C)C. The largest absolute Gasteiger partial charge is 0.457 e. The van der Waals surface area contributed by atoms with Crippen molar-refractivity contribution in [1.29, 1.82) is 0 Å². The van der Waals surface area contributed by atoms with Crippen molar-refractivity contribution in [3.8, 4) is 5.75 Å². The first-order valence-corrected chi connectivity index (χ1v) is 11.5. The number of likely N-dealkylation sites (tertiary alicyclic amines) is 1. The van der Waals surface area contributed by atoms with Crippen LogP contribution in [0.2, 0.25) is 0 Å². The van der Waals surface area contributed by atoms with Gasteiger partial charge in [-0.1, -0.05) is 39.0 Å². The Bertz CT molecular complexity index is 794. The Morgan fingerprint density at radius 2 is 1.77 bits per heavy atom. The molecule has 0 N–H and O–H groups in total. The van der Waals surface area contributed by atoms with Crippen LogP contribution in [0.4, 0.5) is 4.79 Å². The van der Waals surface area contributed by atoms with Gasteiger partial charge < -0.3 is 14.2 Å². The van der Waals surface area contributed by atoms with Crippen molar-refractivity contribution >= 4 is 12.1 Å². The predicted molar refractivity (Wildman–Crippen MR) is 119 cm³/mol. The summed E-state index contributed by atoms with van der Waals surface area (Å²) in [7, 11) is 0. The lowest BCUT2D eigenvalue weighted by Crippen LogP contribution is -2.44. The summed E-state index contributed by atoms with van der Waals surface area (Å²) in [6, 6.07) is 5.66. The molecule has 6 heteroatoms. The molecule has 2 aliphatic rings. The van der Waals surface area contributed by atoms with Gasteiger partial charge in [0.2, 0.25) is 6.79 Å². The van der Waals surface area contributed by atoms with Gasteiger partial charge >= 0.3 is 12.1 Å². The van der Waals surface area contributed by atoms with Gasteiger partial charge in [-0.15, -0.1) is 0 Å². The van der Waals surface area contributed by atoms with E-state index < -0.39 is 23.7 Å². The summed E-state index contributed by atoms with van der Waals surface area (Å²) in [5, 5.41) is 0. The molecule has 1 saturated carbocycles. The average Bonchev–Trinajstić information content (AvgIpc) is 3.41. The zero-order valence-corrected chi connectivity index (χ0v) is 19.8. The van der Waals surface area contributed by atoms with Gasteiger partial charge in [0, 0.05) is 6.54 Å². The third-order valence-electron chi connectivity index (χ3n) is 6.07. The molecule has 1 unspecified atom stereocenters. The standard InChI is InChI=1S/C25H37NO5/c1-16(2)19-9-7-10-20(17(3)18-12-13-18)22(19)29-15-30-23(27)21-11-8-14-26(21)24(28)31-25(4,5)6/h7,9-10,16-18,21H,8,11-15H2,1-6H3/t17-,21?/m1/s1. The molecule has 3 rings (SSSR count). The van der Waals surface area contributed by atoms with Gasteiger partial charge in [-0.2, -0.15) is 0 Å². The first kappa shape index (κ1) is 23.4. The fraction of sp³-hybridized carbons (Fsp3) is 0.680. The smallest absolute Gasteiger partial charge is 0.411 e. The van der Waals surface area contributed by atoms with Crippen LogP contribution in [-0.2, 0) is 14.3 Å². The Labute approximate surface area is 186 Å². The normalized spacial score (nSPS) is 20.0. The summed E-state index contributed by atoms with van der Waals surface area (Å²) in [5.41, 5.74) is 1.70. The number of esters is 1. The summed E-state index contributed by atoms with van der Waals surface area (Å²) in [6.07, 6.45) is 3.36. The van der Waals surface area contributed by atoms with Crippen molar-refractivity contribution in [1.82, 2.24) is 4.90 Å². The minimum absolute atomic E-state index is 0.161. The van der Waals surface area contributed by atoms with E-state index in [0.29, 0.717) is 30.7 Å². The predicted octanol–water partition coefficient (Wildman–Crippen LogP) is 5.60. The Kier molecular flexibility index (Phi) is 7.17. The highest BCUT2D eigenvalue weighted by molar-refractivity contribution is 5.82. The zero-order chi connectivity index (χ0) is 22.8. The highest BCUT2D eigenvalue weighted by Gasteiger charge is 2.38. The maximum atomic E-state index is 12.7. The molecule has 1 saturated heterocycles. The van der Waals surface area contributed by atoms with Crippen LogP contribution in [0.3, 0.4) is 0 Å². The third-order valence-corrected chi connectivity index (χ3v) is 6.07. The van der Waals surface area contributed by atoms with Gasteiger partial charge in [0.25, 0.3) is 0 Å². The summed E-state index contributed by atoms with van der Waals surface area (Å²) < 4.78 is 17.0. The maximum Gasteiger partial charge on any atom is 0.411 e. The number of carbonyl (C=O) groups excluding carboxylic acids is 2. The minimum atomic E-state index is -0.622. The molecular formula is C25H37NO5. The number of para-hydroxylation sites is 1. The number of carbonyl (C=O) groups is 2. The number of hydrogen-bond donors (Lipinski definition) is 0. The molecule has 172 valence electrons. The van der Waals surface area contributed by atoms with E-state index in [1.807, 2.05) is 20.8 Å². The van der Waals surface area contributed by atoms with Crippen molar-refractivity contribution < 1.29 is 23.8 Å². The van der Waals surface area contributed by atoms with E-state index in [0.717, 1.165) is 17.7 Å². The molecule has 1 aliphatic carbocycles. The monoisotopic (exact) mass is 431 g/mol. The van der Waals surface area contributed by atoms with Crippen LogP contribution in [0, 0.1) is 5.92 Å². The minimum Gasteiger partial charge on any atom is -0.457 e. The topological polar surface area (TPSA) is 65.1 Å². The summed E-state index contributed by atoms with van der Waals surface area (Å²) >= 11 is 0. The van der Waals surface area contributed by atoms with Crippen molar-refractivity contribution in [3.05, 3.63) is 29.3 Å². The Balaban J connectivity index is 1.64. The van der Waals surface area contributed by atoms with Gasteiger partial charge in [-0.25, -0.2) is 9.59 Å². The molecular weight excluding hydrogens is 394 g/mol. The third kappa shape index (κ3) is 5.92. The van der Waals surface area contributed by atoms with E-state index in [2.05, 4.69) is 39.0 Å². The summed E-state index contributed by atoms with van der Waals surface area (Å²) in [5.74, 6) is 1.81. The lowest BCUT2D eigenvalue weighted by atomic mass is 9.90. The summed E-state index contributed by atoms with van der Waals surface area (Å²) in [6.45, 7) is 12.3. The molecule has 1 amide bonds. The Morgan fingerprint density at radius 3 is 2.39 bits per heavy atom. The van der Waals surface area contributed by atoms with Crippen molar-refractivity contribution in [2.75, 3.05) is 13.3 Å². The molecule has 0 bridgehead atoms. The number of nitrogens with zero attached hydrogens (tertiary/aromatic N) is 1. The number of benzene rings is 1. The fourth-order valence-electron chi connectivity index (χ4n) is 4.20. The van der Waals surface area contributed by atoms with Crippen LogP contribution in [-0.4, -0.2) is 41.9 Å². The van der Waals surface area contributed by atoms with E-state index in [1.165, 1.54) is 23.3 Å². The van der Waals surface area contributed by atoms with Crippen molar-refractivity contribution in [2.45, 2.75) is 90.7 Å². The van der Waals surface area contributed by atoms with E-state index in [9.17, 15) is 9.59 Å². The molecule has 1 aliphatic heterocycles. The number of ether oxygens (including phenoxy) is 3. The second kappa shape index (κ2) is 9.49. The molecule has 2 fully saturated rings. The molecule has 1 aromatic carbocycles. The van der Waals surface area contributed by atoms with Crippen LogP contribution in [0.25, 0.3) is 0 Å². The lowest BCUT2D eigenvalue weighted by molar-refractivity contribution is -0.155. The summed E-state index contributed by atoms with van der Waals surface area (Å²) in [4.78, 5) is 26.6. The van der Waals surface area contributed by atoms with Gasteiger partial charge in [-0.3, -0.25) is 4.90 Å². The molecule has 1 heterocycles. The van der Waals surface area contributed by atoms with Gasteiger partial charge in [0.1, 0.15) is 17.4 Å². The van der Waals surface area contributed by atoms with Crippen molar-refractivity contribution in [2.24, 2.45) is 5.92 Å². The molecule has 0 radical (unpaired) electrons. The first-order valence-electron chi connectivity index (χ1n) is 11.5. The number of rotatable bonds is 7. The fourth-order valence-corrected chi connectivity index (χ4v) is 4.20. The second-order valence-corrected chi connectivity index (χ2v) is 10.1. The molecule has 1 aromatic rings. The van der Waals surface area contributed by atoms with Crippen LogP contribution < -0.4 is 4.74 Å². The van der Waals surface area contributed by atoms with Crippen LogP contribution >= 0.6 is 0 Å². The van der Waals surface area contributed by atoms with E-state index in [4.69, 9.17) is 14.2 Å². The highest BCUT2D eigenvalue weighted by Crippen LogP contribution is 2.46. The van der Waals surface area contributed by atoms with Crippen LogP contribution in [0.5, 0.6) is 5.75 Å². The lowest BCUT2D eigenvalue weighted by Gasteiger charge is -2.27. The van der Waals surface area contributed by atoms with Gasteiger partial charge in [-0.05, 0) is 75.3 Å². The zero-order valence-electron chi connectivity index (χ0n) is 19.8. The number of amides is 1. The highest BCUT2D eigenvalue weighted by atomic mass is 16.7. The van der Waals surface area contributed by atoms with Gasteiger partial charge in [0.15, 0.2) is 0 Å². The van der Waals surface area contributed by atoms with Crippen LogP contribution in [0.1, 0.15) is 90.2 Å². The van der Waals surface area contributed by atoms with Gasteiger partial charge in [0.05, 0.1) is 0 Å². The maximum absolute atomic E-state index is 12.7. The first-order chi connectivity index (χ1) is 14.6. The number of hydrogen-bond acceptors (Lipinski definition) is 5. The Hall–Kier alpha value is -2.24. The Morgan fingerprint density at radius 1 is 1.10 bits per heavy atom. The molecule has 2 atom stereocenters. The van der Waals surface area contributed by atoms with Crippen LogP contribution in [0.15, 0.2) is 18.2 Å². The van der Waals surface area contributed by atoms with E-state index in [1.54, 1.807) is 0 Å². The second-order valence-electron chi connectivity index (χ2n) is 10.1. The molecule has 0 aromatic heterocycles. The molecule has 6 nitrogen and oxygen atoms in total. The molecule has 31 heavy (non-hydrogen) atoms. The van der Waals surface area contributed by atoms with E-state index >= 15 is 0 Å².